The van der Waals surface area contributed by atoms with Crippen LogP contribution in [0.4, 0.5) is 18.9 Å². The Bertz CT molecular complexity index is 819. The van der Waals surface area contributed by atoms with E-state index in [1.165, 1.54) is 0 Å². The lowest BCUT2D eigenvalue weighted by Gasteiger charge is -2.16. The van der Waals surface area contributed by atoms with Crippen LogP contribution in [-0.4, -0.2) is 50.0 Å². The Balaban J connectivity index is 1.68. The van der Waals surface area contributed by atoms with Gasteiger partial charge in [-0.15, -0.1) is 0 Å². The molecule has 0 saturated heterocycles. The SMILES string of the molecule is CN(CCOc1ccccc1)CC(=O)NCC(=O)Nc1ccc(F)c(F)c1F. The average molecular weight is 395 g/mol. The monoisotopic (exact) mass is 395 g/mol. The minimum Gasteiger partial charge on any atom is -0.492 e. The number of ether oxygens (including phenoxy) is 1. The van der Waals surface area contributed by atoms with Crippen LogP contribution in [0.25, 0.3) is 0 Å². The van der Waals surface area contributed by atoms with Gasteiger partial charge in [-0.2, -0.15) is 0 Å². The van der Waals surface area contributed by atoms with Crippen LogP contribution in [0.1, 0.15) is 0 Å². The zero-order valence-corrected chi connectivity index (χ0v) is 15.2. The molecule has 2 aromatic carbocycles. The van der Waals surface area contributed by atoms with Crippen molar-refractivity contribution >= 4 is 17.5 Å². The van der Waals surface area contributed by atoms with Crippen LogP contribution >= 0.6 is 0 Å². The molecule has 2 rings (SSSR count). The van der Waals surface area contributed by atoms with Gasteiger partial charge in [0.2, 0.25) is 11.8 Å². The molecule has 2 aromatic rings. The lowest BCUT2D eigenvalue weighted by Crippen LogP contribution is -2.40. The summed E-state index contributed by atoms with van der Waals surface area (Å²) < 4.78 is 45.0. The summed E-state index contributed by atoms with van der Waals surface area (Å²) in [5.41, 5.74) is -0.506. The van der Waals surface area contributed by atoms with Crippen LogP contribution in [-0.2, 0) is 9.59 Å². The molecule has 2 amide bonds. The Kier molecular flexibility index (Phi) is 7.82. The maximum atomic E-state index is 13.5. The van der Waals surface area contributed by atoms with E-state index in [2.05, 4.69) is 10.6 Å². The Hall–Kier alpha value is -3.07. The van der Waals surface area contributed by atoms with E-state index in [1.54, 1.807) is 11.9 Å². The molecule has 0 bridgehead atoms. The summed E-state index contributed by atoms with van der Waals surface area (Å²) in [4.78, 5) is 25.3. The third-order valence-corrected chi connectivity index (χ3v) is 3.65. The van der Waals surface area contributed by atoms with Crippen molar-refractivity contribution in [3.05, 3.63) is 59.9 Å². The highest BCUT2D eigenvalue weighted by molar-refractivity contribution is 5.94. The van der Waals surface area contributed by atoms with Gasteiger partial charge in [0.15, 0.2) is 17.5 Å². The van der Waals surface area contributed by atoms with Crippen LogP contribution in [0.3, 0.4) is 0 Å². The fourth-order valence-electron chi connectivity index (χ4n) is 2.21. The van der Waals surface area contributed by atoms with Crippen molar-refractivity contribution in [1.82, 2.24) is 10.2 Å². The van der Waals surface area contributed by atoms with Gasteiger partial charge in [-0.3, -0.25) is 14.5 Å². The van der Waals surface area contributed by atoms with Gasteiger partial charge in [-0.25, -0.2) is 13.2 Å². The smallest absolute Gasteiger partial charge is 0.243 e. The minimum atomic E-state index is -1.68. The largest absolute Gasteiger partial charge is 0.492 e. The van der Waals surface area contributed by atoms with Gasteiger partial charge in [0, 0.05) is 6.54 Å². The summed E-state index contributed by atoms with van der Waals surface area (Å²) in [6.07, 6.45) is 0. The molecular formula is C19H20F3N3O3. The van der Waals surface area contributed by atoms with Crippen LogP contribution in [0.15, 0.2) is 42.5 Å². The zero-order valence-electron chi connectivity index (χ0n) is 15.2. The Morgan fingerprint density at radius 3 is 2.43 bits per heavy atom. The van der Waals surface area contributed by atoms with Gasteiger partial charge < -0.3 is 15.4 Å². The summed E-state index contributed by atoms with van der Waals surface area (Å²) in [5.74, 6) is -5.01. The Labute approximate surface area is 160 Å². The van der Waals surface area contributed by atoms with E-state index in [-0.39, 0.29) is 6.54 Å². The number of para-hydroxylation sites is 1. The van der Waals surface area contributed by atoms with Crippen LogP contribution < -0.4 is 15.4 Å². The number of carbonyl (C=O) groups is 2. The van der Waals surface area contributed by atoms with E-state index >= 15 is 0 Å². The lowest BCUT2D eigenvalue weighted by molar-refractivity contribution is -0.124. The maximum absolute atomic E-state index is 13.5. The number of rotatable bonds is 9. The number of amides is 2. The molecule has 0 aromatic heterocycles. The van der Waals surface area contributed by atoms with E-state index in [0.29, 0.717) is 19.2 Å². The van der Waals surface area contributed by atoms with Crippen molar-refractivity contribution in [2.45, 2.75) is 0 Å². The fraction of sp³-hybridized carbons (Fsp3) is 0.263. The van der Waals surface area contributed by atoms with E-state index in [1.807, 2.05) is 30.3 Å². The van der Waals surface area contributed by atoms with Crippen LogP contribution in [0.2, 0.25) is 0 Å². The zero-order chi connectivity index (χ0) is 20.5. The number of hydrogen-bond donors (Lipinski definition) is 2. The van der Waals surface area contributed by atoms with Crippen molar-refractivity contribution in [1.29, 1.82) is 0 Å². The predicted octanol–water partition coefficient (Wildman–Crippen LogP) is 2.17. The molecule has 2 N–H and O–H groups in total. The standard InChI is InChI=1S/C19H20F3N3O3/c1-25(9-10-28-13-5-3-2-4-6-13)12-17(27)23-11-16(26)24-15-8-7-14(20)18(21)19(15)22/h2-8H,9-12H2,1H3,(H,23,27)(H,24,26). The molecule has 0 heterocycles. The molecule has 0 spiro atoms. The van der Waals surface area contributed by atoms with Crippen LogP contribution in [0, 0.1) is 17.5 Å². The summed E-state index contributed by atoms with van der Waals surface area (Å²) in [5, 5.41) is 4.43. The molecule has 9 heteroatoms. The van der Waals surface area contributed by atoms with Gasteiger partial charge >= 0.3 is 0 Å². The number of hydrogen-bond acceptors (Lipinski definition) is 4. The number of carbonyl (C=O) groups excluding carboxylic acids is 2. The fourth-order valence-corrected chi connectivity index (χ4v) is 2.21. The van der Waals surface area contributed by atoms with Crippen molar-refractivity contribution in [2.75, 3.05) is 38.6 Å². The molecule has 6 nitrogen and oxygen atoms in total. The number of nitrogens with zero attached hydrogens (tertiary/aromatic N) is 1. The second kappa shape index (κ2) is 10.3. The number of likely N-dealkylation sites (N-methyl/N-ethyl adjacent to an activating group) is 1. The highest BCUT2D eigenvalue weighted by Crippen LogP contribution is 2.19. The summed E-state index contributed by atoms with van der Waals surface area (Å²) >= 11 is 0. The van der Waals surface area contributed by atoms with Gasteiger partial charge in [0.1, 0.15) is 12.4 Å². The summed E-state index contributed by atoms with van der Waals surface area (Å²) in [6.45, 7) is 0.439. The quantitative estimate of drug-likeness (QED) is 0.639. The van der Waals surface area contributed by atoms with E-state index in [9.17, 15) is 22.8 Å². The second-order valence-corrected chi connectivity index (χ2v) is 5.95. The second-order valence-electron chi connectivity index (χ2n) is 5.95. The van der Waals surface area contributed by atoms with E-state index in [0.717, 1.165) is 11.8 Å². The van der Waals surface area contributed by atoms with Crippen molar-refractivity contribution in [2.24, 2.45) is 0 Å². The molecule has 150 valence electrons. The van der Waals surface area contributed by atoms with E-state index < -0.39 is 41.5 Å². The number of nitrogens with one attached hydrogen (secondary N) is 2. The Morgan fingerprint density at radius 1 is 1.00 bits per heavy atom. The molecule has 0 unspecified atom stereocenters. The first-order valence-electron chi connectivity index (χ1n) is 8.43. The molecule has 28 heavy (non-hydrogen) atoms. The predicted molar refractivity (Wildman–Crippen MR) is 97.4 cm³/mol. The Morgan fingerprint density at radius 2 is 1.71 bits per heavy atom. The molecule has 0 radical (unpaired) electrons. The minimum absolute atomic E-state index is 0.0188. The first-order valence-corrected chi connectivity index (χ1v) is 8.43. The highest BCUT2D eigenvalue weighted by Gasteiger charge is 2.15. The average Bonchev–Trinajstić information content (AvgIpc) is 2.67. The lowest BCUT2D eigenvalue weighted by atomic mass is 10.2. The molecule has 0 saturated carbocycles. The number of halogens is 3. The summed E-state index contributed by atoms with van der Waals surface area (Å²) in [7, 11) is 1.71. The molecule has 0 aliphatic carbocycles. The van der Waals surface area contributed by atoms with Gasteiger partial charge in [-0.1, -0.05) is 18.2 Å². The van der Waals surface area contributed by atoms with Crippen molar-refractivity contribution in [3.8, 4) is 5.75 Å². The molecule has 0 fully saturated rings. The third-order valence-electron chi connectivity index (χ3n) is 3.65. The first-order chi connectivity index (χ1) is 13.4. The van der Waals surface area contributed by atoms with Crippen molar-refractivity contribution < 1.29 is 27.5 Å². The molecule has 0 atom stereocenters. The van der Waals surface area contributed by atoms with Crippen LogP contribution in [0.5, 0.6) is 5.75 Å². The number of anilines is 1. The molecule has 0 aliphatic rings. The van der Waals surface area contributed by atoms with E-state index in [4.69, 9.17) is 4.74 Å². The first kappa shape index (κ1) is 21.2. The van der Waals surface area contributed by atoms with Crippen molar-refractivity contribution in [3.63, 3.8) is 0 Å². The van der Waals surface area contributed by atoms with Gasteiger partial charge in [0.25, 0.3) is 0 Å². The number of benzene rings is 2. The maximum Gasteiger partial charge on any atom is 0.243 e. The highest BCUT2D eigenvalue weighted by atomic mass is 19.2. The molecule has 0 aliphatic heterocycles. The third kappa shape index (κ3) is 6.58. The normalized spacial score (nSPS) is 10.6. The van der Waals surface area contributed by atoms with Gasteiger partial charge in [0.05, 0.1) is 18.8 Å². The summed E-state index contributed by atoms with van der Waals surface area (Å²) in [6, 6.07) is 10.8. The molecular weight excluding hydrogens is 375 g/mol. The topological polar surface area (TPSA) is 70.7 Å². The van der Waals surface area contributed by atoms with Gasteiger partial charge in [-0.05, 0) is 31.3 Å².